The summed E-state index contributed by atoms with van der Waals surface area (Å²) < 4.78 is 52.4. The van der Waals surface area contributed by atoms with E-state index in [0.717, 1.165) is 19.2 Å². The standard InChI is InChI=1S/C17H12Cl2F3NO3/c1-25-12-3-2-11(14(20)15(12)21)16(22)23-7-13(26-17(23)24)8-4-9(18)6-10(19)5-8/h2-6,13,16H,7H2,1H3. The van der Waals surface area contributed by atoms with E-state index in [-0.39, 0.29) is 12.3 Å². The maximum atomic E-state index is 14.7. The van der Waals surface area contributed by atoms with E-state index < -0.39 is 35.7 Å². The highest BCUT2D eigenvalue weighted by Gasteiger charge is 2.39. The normalized spacial score (nSPS) is 18.0. The van der Waals surface area contributed by atoms with Crippen LogP contribution in [0.1, 0.15) is 23.5 Å². The number of benzene rings is 2. The number of rotatable bonds is 4. The quantitative estimate of drug-likeness (QED) is 0.635. The summed E-state index contributed by atoms with van der Waals surface area (Å²) in [7, 11) is 1.16. The minimum Gasteiger partial charge on any atom is -0.494 e. The summed E-state index contributed by atoms with van der Waals surface area (Å²) in [5, 5.41) is 0.643. The highest BCUT2D eigenvalue weighted by Crippen LogP contribution is 2.37. The largest absolute Gasteiger partial charge is 0.494 e. The molecule has 0 radical (unpaired) electrons. The Hall–Kier alpha value is -2.12. The summed E-state index contributed by atoms with van der Waals surface area (Å²) in [5.74, 6) is -3.13. The van der Waals surface area contributed by atoms with Crippen molar-refractivity contribution in [3.63, 3.8) is 0 Å². The van der Waals surface area contributed by atoms with E-state index in [9.17, 15) is 18.0 Å². The smallest absolute Gasteiger partial charge is 0.413 e. The number of halogens is 5. The third kappa shape index (κ3) is 3.41. The molecule has 0 aromatic heterocycles. The second-order valence-electron chi connectivity index (χ2n) is 5.55. The van der Waals surface area contributed by atoms with Crippen LogP contribution in [0.3, 0.4) is 0 Å². The van der Waals surface area contributed by atoms with Gasteiger partial charge in [-0.1, -0.05) is 23.2 Å². The lowest BCUT2D eigenvalue weighted by Crippen LogP contribution is -2.28. The first-order chi connectivity index (χ1) is 12.3. The van der Waals surface area contributed by atoms with Crippen molar-refractivity contribution in [3.8, 4) is 5.75 Å². The SMILES string of the molecule is COc1ccc(C(F)N2CC(c3cc(Cl)cc(Cl)c3)OC2=O)c(F)c1F. The number of nitrogens with zero attached hydrogens (tertiary/aromatic N) is 1. The van der Waals surface area contributed by atoms with Gasteiger partial charge in [0.05, 0.1) is 13.7 Å². The van der Waals surface area contributed by atoms with Crippen molar-refractivity contribution in [2.75, 3.05) is 13.7 Å². The number of carbonyl (C=O) groups excluding carboxylic acids is 1. The lowest BCUT2D eigenvalue weighted by molar-refractivity contribution is 0.0994. The minimum atomic E-state index is -2.23. The second kappa shape index (κ2) is 7.25. The van der Waals surface area contributed by atoms with Crippen LogP contribution in [-0.4, -0.2) is 24.6 Å². The molecule has 1 aliphatic heterocycles. The topological polar surface area (TPSA) is 38.8 Å². The maximum absolute atomic E-state index is 14.7. The van der Waals surface area contributed by atoms with Gasteiger partial charge in [0, 0.05) is 15.6 Å². The Labute approximate surface area is 157 Å². The molecule has 0 spiro atoms. The van der Waals surface area contributed by atoms with Crippen LogP contribution in [0, 0.1) is 11.6 Å². The molecule has 4 nitrogen and oxygen atoms in total. The fourth-order valence-electron chi connectivity index (χ4n) is 2.66. The molecule has 26 heavy (non-hydrogen) atoms. The summed E-state index contributed by atoms with van der Waals surface area (Å²) in [4.78, 5) is 12.7. The molecule has 0 N–H and O–H groups in total. The number of alkyl halides is 1. The molecule has 2 atom stereocenters. The van der Waals surface area contributed by atoms with Gasteiger partial charge in [0.25, 0.3) is 0 Å². The molecule has 1 heterocycles. The number of hydrogen-bond acceptors (Lipinski definition) is 3. The van der Waals surface area contributed by atoms with Crippen molar-refractivity contribution in [2.24, 2.45) is 0 Å². The molecular weight excluding hydrogens is 394 g/mol. The molecule has 1 saturated heterocycles. The molecule has 9 heteroatoms. The predicted molar refractivity (Wildman–Crippen MR) is 89.1 cm³/mol. The van der Waals surface area contributed by atoms with Crippen LogP contribution in [0.2, 0.25) is 10.0 Å². The van der Waals surface area contributed by atoms with Crippen molar-refractivity contribution in [3.05, 3.63) is 63.1 Å². The summed E-state index contributed by atoms with van der Waals surface area (Å²) in [5.41, 5.74) is -0.169. The monoisotopic (exact) mass is 405 g/mol. The zero-order valence-electron chi connectivity index (χ0n) is 13.3. The van der Waals surface area contributed by atoms with Crippen LogP contribution in [0.15, 0.2) is 30.3 Å². The lowest BCUT2D eigenvalue weighted by atomic mass is 10.1. The zero-order chi connectivity index (χ0) is 19.0. The molecule has 2 unspecified atom stereocenters. The van der Waals surface area contributed by atoms with Gasteiger partial charge >= 0.3 is 6.09 Å². The number of methoxy groups -OCH3 is 1. The molecule has 3 rings (SSSR count). The molecule has 0 saturated carbocycles. The van der Waals surface area contributed by atoms with Crippen molar-refractivity contribution in [1.82, 2.24) is 4.90 Å². The Kier molecular flexibility index (Phi) is 5.20. The van der Waals surface area contributed by atoms with E-state index in [1.807, 2.05) is 0 Å². The van der Waals surface area contributed by atoms with Crippen molar-refractivity contribution in [2.45, 2.75) is 12.4 Å². The Morgan fingerprint density at radius 1 is 1.19 bits per heavy atom. The van der Waals surface area contributed by atoms with E-state index >= 15 is 0 Å². The molecule has 1 fully saturated rings. The maximum Gasteiger partial charge on any atom is 0.413 e. The summed E-state index contributed by atoms with van der Waals surface area (Å²) in [6.45, 7) is -0.218. The number of cyclic esters (lactones) is 1. The number of amides is 1. The first-order valence-corrected chi connectivity index (χ1v) is 8.16. The Balaban J connectivity index is 1.86. The number of carbonyl (C=O) groups is 1. The van der Waals surface area contributed by atoms with Gasteiger partial charge in [-0.2, -0.15) is 4.39 Å². The van der Waals surface area contributed by atoms with E-state index in [2.05, 4.69) is 4.74 Å². The van der Waals surface area contributed by atoms with E-state index in [4.69, 9.17) is 27.9 Å². The second-order valence-corrected chi connectivity index (χ2v) is 6.42. The first kappa shape index (κ1) is 18.7. The fraction of sp³-hybridized carbons (Fsp3) is 0.235. The third-order valence-corrected chi connectivity index (χ3v) is 4.36. The molecule has 0 aliphatic carbocycles. The summed E-state index contributed by atoms with van der Waals surface area (Å²) in [6, 6.07) is 6.63. The van der Waals surface area contributed by atoms with E-state index in [1.54, 1.807) is 0 Å². The average Bonchev–Trinajstić information content (AvgIpc) is 2.98. The highest BCUT2D eigenvalue weighted by molar-refractivity contribution is 6.34. The third-order valence-electron chi connectivity index (χ3n) is 3.92. The van der Waals surface area contributed by atoms with Crippen LogP contribution < -0.4 is 4.74 Å². The van der Waals surface area contributed by atoms with Crippen molar-refractivity contribution < 1.29 is 27.4 Å². The van der Waals surface area contributed by atoms with Gasteiger partial charge < -0.3 is 9.47 Å². The Bertz CT molecular complexity index is 845. The minimum absolute atomic E-state index is 0.218. The summed E-state index contributed by atoms with van der Waals surface area (Å²) in [6.07, 6.45) is -4.08. The van der Waals surface area contributed by atoms with Gasteiger partial charge in [-0.05, 0) is 35.9 Å². The number of hydrogen-bond donors (Lipinski definition) is 0. The summed E-state index contributed by atoms with van der Waals surface area (Å²) >= 11 is 11.8. The van der Waals surface area contributed by atoms with Crippen LogP contribution in [0.4, 0.5) is 18.0 Å². The van der Waals surface area contributed by atoms with Crippen LogP contribution in [-0.2, 0) is 4.74 Å². The van der Waals surface area contributed by atoms with Crippen LogP contribution >= 0.6 is 23.2 Å². The average molecular weight is 406 g/mol. The molecule has 138 valence electrons. The Morgan fingerprint density at radius 3 is 2.46 bits per heavy atom. The fourth-order valence-corrected chi connectivity index (χ4v) is 3.20. The highest BCUT2D eigenvalue weighted by atomic mass is 35.5. The number of ether oxygens (including phenoxy) is 2. The zero-order valence-corrected chi connectivity index (χ0v) is 14.8. The molecule has 1 amide bonds. The van der Waals surface area contributed by atoms with Gasteiger partial charge in [-0.25, -0.2) is 13.6 Å². The molecule has 0 bridgehead atoms. The van der Waals surface area contributed by atoms with E-state index in [1.165, 1.54) is 18.2 Å². The molecule has 2 aromatic rings. The van der Waals surface area contributed by atoms with Crippen molar-refractivity contribution in [1.29, 1.82) is 0 Å². The van der Waals surface area contributed by atoms with E-state index in [0.29, 0.717) is 20.5 Å². The first-order valence-electron chi connectivity index (χ1n) is 7.41. The molecule has 2 aromatic carbocycles. The molecular formula is C17H12Cl2F3NO3. The van der Waals surface area contributed by atoms with Gasteiger partial charge in [0.1, 0.15) is 6.10 Å². The van der Waals surface area contributed by atoms with Crippen LogP contribution in [0.5, 0.6) is 5.75 Å². The van der Waals surface area contributed by atoms with Gasteiger partial charge in [0.2, 0.25) is 12.1 Å². The van der Waals surface area contributed by atoms with Crippen LogP contribution in [0.25, 0.3) is 0 Å². The van der Waals surface area contributed by atoms with Crippen molar-refractivity contribution >= 4 is 29.3 Å². The molecule has 1 aliphatic rings. The Morgan fingerprint density at radius 2 is 1.85 bits per heavy atom. The van der Waals surface area contributed by atoms with Gasteiger partial charge in [0.15, 0.2) is 11.6 Å². The van der Waals surface area contributed by atoms with Gasteiger partial charge in [-0.3, -0.25) is 4.90 Å². The van der Waals surface area contributed by atoms with Gasteiger partial charge in [-0.15, -0.1) is 0 Å². The lowest BCUT2D eigenvalue weighted by Gasteiger charge is -2.19. The predicted octanol–water partition coefficient (Wildman–Crippen LogP) is 5.44.